The summed E-state index contributed by atoms with van der Waals surface area (Å²) >= 11 is 0. The summed E-state index contributed by atoms with van der Waals surface area (Å²) in [4.78, 5) is 11.2. The highest BCUT2D eigenvalue weighted by Gasteiger charge is 2.06. The van der Waals surface area contributed by atoms with Crippen molar-refractivity contribution in [3.8, 4) is 5.75 Å². The molecule has 1 rings (SSSR count). The van der Waals surface area contributed by atoms with Gasteiger partial charge in [0.1, 0.15) is 5.75 Å². The summed E-state index contributed by atoms with van der Waals surface area (Å²) in [6.45, 7) is 9.90. The number of benzene rings is 1. The minimum absolute atomic E-state index is 0.320. The van der Waals surface area contributed by atoms with Crippen LogP contribution in [0.15, 0.2) is 36.4 Å². The van der Waals surface area contributed by atoms with E-state index in [1.807, 2.05) is 18.2 Å². The maximum absolute atomic E-state index is 11.2. The molecule has 1 aromatic carbocycles. The number of aryl methyl sites for hydroxylation is 1. The minimum Gasteiger partial charge on any atom is -0.547 e. The van der Waals surface area contributed by atoms with E-state index in [9.17, 15) is 4.79 Å². The van der Waals surface area contributed by atoms with Gasteiger partial charge >= 0.3 is 5.97 Å². The zero-order valence-electron chi connectivity index (χ0n) is 11.9. The second-order valence-corrected chi connectivity index (χ2v) is 7.13. The number of ether oxygens (including phenoxy) is 1. The smallest absolute Gasteiger partial charge is 0.333 e. The van der Waals surface area contributed by atoms with E-state index >= 15 is 0 Å². The van der Waals surface area contributed by atoms with Gasteiger partial charge in [-0.25, -0.2) is 4.79 Å². The lowest BCUT2D eigenvalue weighted by atomic mass is 10.1. The molecule has 0 spiro atoms. The van der Waals surface area contributed by atoms with Gasteiger partial charge in [-0.1, -0.05) is 24.8 Å². The molecule has 4 heteroatoms. The Hall–Kier alpha value is -1.55. The normalized spacial score (nSPS) is 10.3. The molecule has 0 fully saturated rings. The third kappa shape index (κ3) is 5.74. The molecule has 0 unspecified atom stereocenters. The number of carbonyl (C=O) groups is 1. The summed E-state index contributed by atoms with van der Waals surface area (Å²) in [5.41, 5.74) is 1.62. The van der Waals surface area contributed by atoms with Crippen LogP contribution < -0.4 is 4.43 Å². The molecule has 0 radical (unpaired) electrons. The highest BCUT2D eigenvalue weighted by molar-refractivity contribution is 6.49. The molecule has 0 bridgehead atoms. The van der Waals surface area contributed by atoms with E-state index in [2.05, 4.69) is 25.7 Å². The lowest BCUT2D eigenvalue weighted by molar-refractivity contribution is -0.139. The Morgan fingerprint density at radius 2 is 2.00 bits per heavy atom. The Balaban J connectivity index is 2.45. The summed E-state index contributed by atoms with van der Waals surface area (Å²) in [6, 6.07) is 8.05. The maximum Gasteiger partial charge on any atom is 0.333 e. The SMILES string of the molecule is C=C(C)C(=O)OCCCc1ccccc1O[SiH](C)C. The number of hydrogen-bond acceptors (Lipinski definition) is 3. The van der Waals surface area contributed by atoms with Gasteiger partial charge in [-0.2, -0.15) is 0 Å². The van der Waals surface area contributed by atoms with Crippen molar-refractivity contribution in [3.05, 3.63) is 42.0 Å². The Morgan fingerprint density at radius 1 is 1.32 bits per heavy atom. The van der Waals surface area contributed by atoms with Crippen molar-refractivity contribution in [3.63, 3.8) is 0 Å². The predicted molar refractivity (Wildman–Crippen MR) is 80.0 cm³/mol. The second kappa shape index (κ2) is 7.79. The maximum atomic E-state index is 11.2. The van der Waals surface area contributed by atoms with Crippen LogP contribution in [0.25, 0.3) is 0 Å². The lowest BCUT2D eigenvalue weighted by Crippen LogP contribution is -2.13. The van der Waals surface area contributed by atoms with E-state index in [1.165, 1.54) is 5.56 Å². The number of para-hydroxylation sites is 1. The average Bonchev–Trinajstić information content (AvgIpc) is 2.35. The summed E-state index contributed by atoms with van der Waals surface area (Å²) in [5, 5.41) is 0. The molecular formula is C15H22O3Si. The first-order chi connectivity index (χ1) is 9.00. The third-order valence-corrected chi connectivity index (χ3v) is 3.23. The van der Waals surface area contributed by atoms with Crippen LogP contribution in [0.5, 0.6) is 5.75 Å². The first kappa shape index (κ1) is 15.5. The zero-order valence-corrected chi connectivity index (χ0v) is 13.1. The highest BCUT2D eigenvalue weighted by atomic mass is 28.3. The average molecular weight is 278 g/mol. The largest absolute Gasteiger partial charge is 0.547 e. The predicted octanol–water partition coefficient (Wildman–Crippen LogP) is 3.10. The van der Waals surface area contributed by atoms with E-state index in [-0.39, 0.29) is 5.97 Å². The van der Waals surface area contributed by atoms with Crippen molar-refractivity contribution in [2.75, 3.05) is 6.61 Å². The van der Waals surface area contributed by atoms with E-state index in [0.717, 1.165) is 18.6 Å². The molecule has 0 saturated heterocycles. The van der Waals surface area contributed by atoms with Gasteiger partial charge in [0.2, 0.25) is 9.04 Å². The van der Waals surface area contributed by atoms with Gasteiger partial charge in [0.05, 0.1) is 6.61 Å². The molecule has 0 aliphatic carbocycles. The van der Waals surface area contributed by atoms with Crippen molar-refractivity contribution in [1.82, 2.24) is 0 Å². The quantitative estimate of drug-likeness (QED) is 0.333. The second-order valence-electron chi connectivity index (χ2n) is 4.79. The van der Waals surface area contributed by atoms with Gasteiger partial charge in [-0.15, -0.1) is 0 Å². The molecule has 3 nitrogen and oxygen atoms in total. The molecule has 0 amide bonds. The fourth-order valence-electron chi connectivity index (χ4n) is 1.63. The van der Waals surface area contributed by atoms with Crippen molar-refractivity contribution < 1.29 is 14.0 Å². The van der Waals surface area contributed by atoms with E-state index in [1.54, 1.807) is 6.92 Å². The number of hydrogen-bond donors (Lipinski definition) is 0. The molecule has 0 aliphatic heterocycles. The fourth-order valence-corrected chi connectivity index (χ4v) is 2.37. The molecular weight excluding hydrogens is 256 g/mol. The van der Waals surface area contributed by atoms with Gasteiger partial charge < -0.3 is 9.16 Å². The Kier molecular flexibility index (Phi) is 6.36. The molecule has 0 atom stereocenters. The molecule has 104 valence electrons. The van der Waals surface area contributed by atoms with Crippen molar-refractivity contribution in [1.29, 1.82) is 0 Å². The molecule has 0 heterocycles. The Bertz CT molecular complexity index is 441. The monoisotopic (exact) mass is 278 g/mol. The topological polar surface area (TPSA) is 35.5 Å². The van der Waals surface area contributed by atoms with Gasteiger partial charge in [0, 0.05) is 5.57 Å². The molecule has 0 saturated carbocycles. The van der Waals surface area contributed by atoms with Crippen LogP contribution in [0.2, 0.25) is 13.1 Å². The summed E-state index contributed by atoms with van der Waals surface area (Å²) in [5.74, 6) is 0.648. The van der Waals surface area contributed by atoms with E-state index in [4.69, 9.17) is 9.16 Å². The summed E-state index contributed by atoms with van der Waals surface area (Å²) < 4.78 is 11.0. The van der Waals surface area contributed by atoms with Crippen LogP contribution in [0.4, 0.5) is 0 Å². The van der Waals surface area contributed by atoms with Gasteiger partial charge in [0.25, 0.3) is 0 Å². The Labute approximate surface area is 117 Å². The van der Waals surface area contributed by atoms with Crippen molar-refractivity contribution in [2.24, 2.45) is 0 Å². The van der Waals surface area contributed by atoms with Crippen LogP contribution in [0.1, 0.15) is 18.9 Å². The van der Waals surface area contributed by atoms with Crippen LogP contribution in [0.3, 0.4) is 0 Å². The van der Waals surface area contributed by atoms with E-state index < -0.39 is 9.04 Å². The zero-order chi connectivity index (χ0) is 14.3. The van der Waals surface area contributed by atoms with Gasteiger partial charge in [0.15, 0.2) is 0 Å². The number of esters is 1. The first-order valence-electron chi connectivity index (χ1n) is 6.58. The van der Waals surface area contributed by atoms with Crippen molar-refractivity contribution in [2.45, 2.75) is 32.9 Å². The minimum atomic E-state index is -1.09. The van der Waals surface area contributed by atoms with Crippen LogP contribution in [0, 0.1) is 0 Å². The third-order valence-electron chi connectivity index (χ3n) is 2.51. The molecule has 0 aliphatic rings. The lowest BCUT2D eigenvalue weighted by Gasteiger charge is -2.14. The van der Waals surface area contributed by atoms with Crippen molar-refractivity contribution >= 4 is 15.0 Å². The first-order valence-corrected chi connectivity index (χ1v) is 9.36. The molecule has 1 aromatic rings. The Morgan fingerprint density at radius 3 is 2.63 bits per heavy atom. The molecule has 0 N–H and O–H groups in total. The summed E-state index contributed by atoms with van der Waals surface area (Å²) in [6.07, 6.45) is 1.64. The standard InChI is InChI=1S/C15H22O3Si/c1-12(2)15(16)17-11-7-9-13-8-5-6-10-14(13)18-19(3)4/h5-6,8,10,19H,1,7,9,11H2,2-4H3. The summed E-state index contributed by atoms with van der Waals surface area (Å²) in [7, 11) is -1.09. The van der Waals surface area contributed by atoms with Crippen LogP contribution in [-0.2, 0) is 16.0 Å². The molecule has 19 heavy (non-hydrogen) atoms. The fraction of sp³-hybridized carbons (Fsp3) is 0.400. The number of rotatable bonds is 7. The van der Waals surface area contributed by atoms with Gasteiger partial charge in [-0.05, 0) is 44.5 Å². The molecule has 0 aromatic heterocycles. The van der Waals surface area contributed by atoms with Crippen LogP contribution in [-0.4, -0.2) is 21.6 Å². The van der Waals surface area contributed by atoms with E-state index in [0.29, 0.717) is 12.2 Å². The van der Waals surface area contributed by atoms with Gasteiger partial charge in [-0.3, -0.25) is 0 Å². The number of carbonyl (C=O) groups excluding carboxylic acids is 1. The van der Waals surface area contributed by atoms with Crippen LogP contribution >= 0.6 is 0 Å². The highest BCUT2D eigenvalue weighted by Crippen LogP contribution is 2.20.